The Morgan fingerprint density at radius 2 is 2.19 bits per heavy atom. The summed E-state index contributed by atoms with van der Waals surface area (Å²) < 4.78 is 29.3. The summed E-state index contributed by atoms with van der Waals surface area (Å²) in [5.41, 5.74) is 1.27. The molecule has 0 saturated carbocycles. The van der Waals surface area contributed by atoms with Crippen LogP contribution in [0.5, 0.6) is 0 Å². The van der Waals surface area contributed by atoms with Crippen molar-refractivity contribution >= 4 is 37.8 Å². The van der Waals surface area contributed by atoms with Gasteiger partial charge >= 0.3 is 16.2 Å². The monoisotopic (exact) mass is 376 g/mol. The average molecular weight is 377 g/mol. The lowest BCUT2D eigenvalue weighted by Gasteiger charge is -2.30. The van der Waals surface area contributed by atoms with E-state index in [9.17, 15) is 13.2 Å². The Kier molecular flexibility index (Phi) is 4.90. The van der Waals surface area contributed by atoms with E-state index < -0.39 is 22.1 Å². The van der Waals surface area contributed by atoms with Crippen molar-refractivity contribution < 1.29 is 18.3 Å². The highest BCUT2D eigenvalue weighted by Crippen LogP contribution is 2.26. The number of carbonyl (C=O) groups is 1. The lowest BCUT2D eigenvalue weighted by atomic mass is 10.0. The fourth-order valence-corrected chi connectivity index (χ4v) is 4.02. The van der Waals surface area contributed by atoms with Crippen molar-refractivity contribution in [3.05, 3.63) is 28.2 Å². The SMILES string of the molecule is Cc1c(Br)cccc1NS(=O)(=O)N1CCCC(C(=O)O)C1. The van der Waals surface area contributed by atoms with E-state index in [1.165, 1.54) is 4.31 Å². The van der Waals surface area contributed by atoms with Crippen molar-refractivity contribution in [1.82, 2.24) is 4.31 Å². The number of carboxylic acids is 1. The van der Waals surface area contributed by atoms with E-state index in [0.29, 0.717) is 25.1 Å². The number of rotatable bonds is 4. The fourth-order valence-electron chi connectivity index (χ4n) is 2.28. The largest absolute Gasteiger partial charge is 0.481 e. The van der Waals surface area contributed by atoms with Gasteiger partial charge < -0.3 is 5.11 Å². The van der Waals surface area contributed by atoms with Crippen LogP contribution in [0.25, 0.3) is 0 Å². The zero-order valence-corrected chi connectivity index (χ0v) is 13.9. The van der Waals surface area contributed by atoms with E-state index in [0.717, 1.165) is 10.0 Å². The molecule has 116 valence electrons. The van der Waals surface area contributed by atoms with Crippen LogP contribution in [-0.2, 0) is 15.0 Å². The molecule has 8 heteroatoms. The smallest absolute Gasteiger partial charge is 0.307 e. The molecule has 0 aliphatic carbocycles. The van der Waals surface area contributed by atoms with Crippen LogP contribution >= 0.6 is 15.9 Å². The minimum Gasteiger partial charge on any atom is -0.481 e. The maximum Gasteiger partial charge on any atom is 0.307 e. The highest BCUT2D eigenvalue weighted by molar-refractivity contribution is 9.10. The summed E-state index contributed by atoms with van der Waals surface area (Å²) in [6, 6.07) is 5.25. The molecule has 1 unspecified atom stereocenters. The van der Waals surface area contributed by atoms with E-state index >= 15 is 0 Å². The third-order valence-corrected chi connectivity index (χ3v) is 5.93. The van der Waals surface area contributed by atoms with Crippen molar-refractivity contribution in [2.24, 2.45) is 5.92 Å². The van der Waals surface area contributed by atoms with Crippen LogP contribution in [0.4, 0.5) is 5.69 Å². The molecule has 0 bridgehead atoms. The molecule has 2 N–H and O–H groups in total. The third-order valence-electron chi connectivity index (χ3n) is 3.58. The molecule has 0 aromatic heterocycles. The number of anilines is 1. The topological polar surface area (TPSA) is 86.7 Å². The predicted molar refractivity (Wildman–Crippen MR) is 83.4 cm³/mol. The number of hydrogen-bond donors (Lipinski definition) is 2. The summed E-state index contributed by atoms with van der Waals surface area (Å²) in [6.07, 6.45) is 1.06. The quantitative estimate of drug-likeness (QED) is 0.843. The first-order valence-electron chi connectivity index (χ1n) is 6.57. The number of hydrogen-bond acceptors (Lipinski definition) is 3. The van der Waals surface area contributed by atoms with Gasteiger partial charge in [0.1, 0.15) is 0 Å². The summed E-state index contributed by atoms with van der Waals surface area (Å²) in [6.45, 7) is 2.15. The van der Waals surface area contributed by atoms with E-state index in [4.69, 9.17) is 5.11 Å². The Labute approximate surface area is 132 Å². The number of nitrogens with one attached hydrogen (secondary N) is 1. The molecule has 1 atom stereocenters. The van der Waals surface area contributed by atoms with Crippen molar-refractivity contribution in [2.75, 3.05) is 17.8 Å². The molecule has 1 aliphatic heterocycles. The molecule has 1 aromatic rings. The van der Waals surface area contributed by atoms with Gasteiger partial charge in [-0.2, -0.15) is 12.7 Å². The zero-order chi connectivity index (χ0) is 15.6. The molecule has 1 heterocycles. The molecule has 0 radical (unpaired) electrons. The van der Waals surface area contributed by atoms with E-state index in [1.807, 2.05) is 6.07 Å². The van der Waals surface area contributed by atoms with Crippen LogP contribution in [0.15, 0.2) is 22.7 Å². The second kappa shape index (κ2) is 6.33. The van der Waals surface area contributed by atoms with E-state index in [1.54, 1.807) is 19.1 Å². The summed E-state index contributed by atoms with van der Waals surface area (Å²) in [7, 11) is -3.74. The van der Waals surface area contributed by atoms with Crippen LogP contribution in [0, 0.1) is 12.8 Å². The first-order valence-corrected chi connectivity index (χ1v) is 8.80. The van der Waals surface area contributed by atoms with E-state index in [-0.39, 0.29) is 6.54 Å². The van der Waals surface area contributed by atoms with Gasteiger partial charge in [-0.3, -0.25) is 9.52 Å². The summed E-state index contributed by atoms with van der Waals surface area (Å²) in [5.74, 6) is -1.59. The molecular formula is C13H17BrN2O4S. The van der Waals surface area contributed by atoms with Gasteiger partial charge in [-0.05, 0) is 37.5 Å². The average Bonchev–Trinajstić information content (AvgIpc) is 2.44. The van der Waals surface area contributed by atoms with Crippen LogP contribution in [0.2, 0.25) is 0 Å². The number of carboxylic acid groups (broad SMARTS) is 1. The number of piperidine rings is 1. The second-order valence-corrected chi connectivity index (χ2v) is 7.58. The van der Waals surface area contributed by atoms with Crippen molar-refractivity contribution in [3.63, 3.8) is 0 Å². The summed E-state index contributed by atoms with van der Waals surface area (Å²) in [5, 5.41) is 9.04. The van der Waals surface area contributed by atoms with Gasteiger partial charge in [0.25, 0.3) is 0 Å². The highest BCUT2D eigenvalue weighted by Gasteiger charge is 2.32. The molecule has 6 nitrogen and oxygen atoms in total. The zero-order valence-electron chi connectivity index (χ0n) is 11.5. The molecule has 21 heavy (non-hydrogen) atoms. The third kappa shape index (κ3) is 3.75. The first-order chi connectivity index (χ1) is 9.81. The van der Waals surface area contributed by atoms with E-state index in [2.05, 4.69) is 20.7 Å². The maximum atomic E-state index is 12.4. The molecule has 1 aliphatic rings. The minimum atomic E-state index is -3.74. The molecular weight excluding hydrogens is 360 g/mol. The number of halogens is 1. The highest BCUT2D eigenvalue weighted by atomic mass is 79.9. The Bertz CT molecular complexity index is 648. The van der Waals surface area contributed by atoms with Gasteiger partial charge in [0, 0.05) is 17.6 Å². The van der Waals surface area contributed by atoms with Gasteiger partial charge in [-0.25, -0.2) is 0 Å². The van der Waals surface area contributed by atoms with Gasteiger partial charge in [-0.15, -0.1) is 0 Å². The Hall–Kier alpha value is -1.12. The van der Waals surface area contributed by atoms with Gasteiger partial charge in [0.05, 0.1) is 11.6 Å². The Morgan fingerprint density at radius 1 is 1.48 bits per heavy atom. The van der Waals surface area contributed by atoms with Gasteiger partial charge in [0.2, 0.25) is 0 Å². The number of nitrogens with zero attached hydrogens (tertiary/aromatic N) is 1. The summed E-state index contributed by atoms with van der Waals surface area (Å²) >= 11 is 3.35. The molecule has 1 saturated heterocycles. The molecule has 0 spiro atoms. The van der Waals surface area contributed by atoms with Crippen LogP contribution in [0.3, 0.4) is 0 Å². The van der Waals surface area contributed by atoms with Crippen LogP contribution in [-0.4, -0.2) is 36.9 Å². The number of benzene rings is 1. The predicted octanol–water partition coefficient (Wildman–Crippen LogP) is 2.21. The standard InChI is InChI=1S/C13H17BrN2O4S/c1-9-11(14)5-2-6-12(9)15-21(19,20)16-7-3-4-10(8-16)13(17)18/h2,5-6,10,15H,3-4,7-8H2,1H3,(H,17,18). The van der Waals surface area contributed by atoms with Gasteiger partial charge in [-0.1, -0.05) is 22.0 Å². The van der Waals surface area contributed by atoms with Crippen LogP contribution in [0.1, 0.15) is 18.4 Å². The van der Waals surface area contributed by atoms with Crippen LogP contribution < -0.4 is 4.72 Å². The molecule has 2 rings (SSSR count). The second-order valence-electron chi connectivity index (χ2n) is 5.05. The van der Waals surface area contributed by atoms with Gasteiger partial charge in [0.15, 0.2) is 0 Å². The van der Waals surface area contributed by atoms with Crippen molar-refractivity contribution in [2.45, 2.75) is 19.8 Å². The molecule has 1 aromatic carbocycles. The maximum absolute atomic E-state index is 12.4. The number of aliphatic carboxylic acids is 1. The molecule has 0 amide bonds. The fraction of sp³-hybridized carbons (Fsp3) is 0.462. The Balaban J connectivity index is 2.18. The Morgan fingerprint density at radius 3 is 2.86 bits per heavy atom. The van der Waals surface area contributed by atoms with Crippen molar-refractivity contribution in [1.29, 1.82) is 0 Å². The summed E-state index contributed by atoms with van der Waals surface area (Å²) in [4.78, 5) is 11.0. The lowest BCUT2D eigenvalue weighted by molar-refractivity contribution is -0.142. The molecule has 1 fully saturated rings. The van der Waals surface area contributed by atoms with Crippen molar-refractivity contribution in [3.8, 4) is 0 Å². The lowest BCUT2D eigenvalue weighted by Crippen LogP contribution is -2.44. The minimum absolute atomic E-state index is 0.0116. The normalized spacial score (nSPS) is 20.2. The first kappa shape index (κ1) is 16.3.